The Morgan fingerprint density at radius 1 is 1.07 bits per heavy atom. The summed E-state index contributed by atoms with van der Waals surface area (Å²) in [5, 5.41) is 3.98. The highest BCUT2D eigenvalue weighted by atomic mass is 19.3. The summed E-state index contributed by atoms with van der Waals surface area (Å²) >= 11 is 0. The number of benzene rings is 2. The standard InChI is InChI=1S/C20H17F3N4/c1-3-26-17-8-7-13(2)11-16(17)25-19(26)20(22,23)18-9-10-24-27(18)15-6-4-5-14(21)12-15/h4-12H,3H2,1-2H3. The van der Waals surface area contributed by atoms with Crippen LogP contribution in [0.3, 0.4) is 0 Å². The number of hydrogen-bond donors (Lipinski definition) is 0. The van der Waals surface area contributed by atoms with Crippen molar-refractivity contribution in [2.24, 2.45) is 0 Å². The molecule has 0 fully saturated rings. The van der Waals surface area contributed by atoms with Crippen molar-refractivity contribution in [3.05, 3.63) is 77.6 Å². The summed E-state index contributed by atoms with van der Waals surface area (Å²) in [5.41, 5.74) is 1.97. The second-order valence-corrected chi connectivity index (χ2v) is 6.35. The summed E-state index contributed by atoms with van der Waals surface area (Å²) in [4.78, 5) is 4.22. The van der Waals surface area contributed by atoms with Gasteiger partial charge in [-0.05, 0) is 55.8 Å². The molecular weight excluding hydrogens is 353 g/mol. The molecule has 7 heteroatoms. The van der Waals surface area contributed by atoms with Crippen molar-refractivity contribution in [3.63, 3.8) is 0 Å². The zero-order valence-electron chi connectivity index (χ0n) is 14.8. The maximum absolute atomic E-state index is 15.5. The SMILES string of the molecule is CCn1c(C(F)(F)c2ccnn2-c2cccc(F)c2)nc2cc(C)ccc21. The average Bonchev–Trinajstić information content (AvgIpc) is 3.26. The van der Waals surface area contributed by atoms with Crippen LogP contribution in [-0.4, -0.2) is 19.3 Å². The molecule has 2 aromatic heterocycles. The Labute approximate surface area is 153 Å². The first-order chi connectivity index (χ1) is 12.9. The lowest BCUT2D eigenvalue weighted by Gasteiger charge is -2.19. The lowest BCUT2D eigenvalue weighted by molar-refractivity contribution is 0.0224. The fourth-order valence-corrected chi connectivity index (χ4v) is 3.27. The van der Waals surface area contributed by atoms with Gasteiger partial charge in [-0.2, -0.15) is 13.9 Å². The van der Waals surface area contributed by atoms with E-state index in [0.29, 0.717) is 17.6 Å². The van der Waals surface area contributed by atoms with Gasteiger partial charge < -0.3 is 4.57 Å². The van der Waals surface area contributed by atoms with Crippen LogP contribution in [-0.2, 0) is 12.5 Å². The van der Waals surface area contributed by atoms with E-state index >= 15 is 8.78 Å². The quantitative estimate of drug-likeness (QED) is 0.516. The van der Waals surface area contributed by atoms with Crippen molar-refractivity contribution in [2.45, 2.75) is 26.3 Å². The number of nitrogens with zero attached hydrogens (tertiary/aromatic N) is 4. The number of hydrogen-bond acceptors (Lipinski definition) is 2. The van der Waals surface area contributed by atoms with E-state index in [-0.39, 0.29) is 17.2 Å². The molecule has 0 saturated carbocycles. The minimum atomic E-state index is -3.41. The number of fused-ring (bicyclic) bond motifs is 1. The van der Waals surface area contributed by atoms with Gasteiger partial charge >= 0.3 is 5.92 Å². The van der Waals surface area contributed by atoms with Crippen molar-refractivity contribution >= 4 is 11.0 Å². The van der Waals surface area contributed by atoms with Crippen LogP contribution in [0.5, 0.6) is 0 Å². The molecule has 0 aliphatic rings. The highest BCUT2D eigenvalue weighted by Gasteiger charge is 2.42. The Morgan fingerprint density at radius 2 is 1.89 bits per heavy atom. The molecule has 27 heavy (non-hydrogen) atoms. The molecule has 138 valence electrons. The van der Waals surface area contributed by atoms with Gasteiger partial charge in [0, 0.05) is 12.7 Å². The fourth-order valence-electron chi connectivity index (χ4n) is 3.27. The molecule has 0 N–H and O–H groups in total. The number of halogens is 3. The summed E-state index contributed by atoms with van der Waals surface area (Å²) in [7, 11) is 0. The van der Waals surface area contributed by atoms with Gasteiger partial charge in [-0.25, -0.2) is 14.1 Å². The summed E-state index contributed by atoms with van der Waals surface area (Å²) in [6, 6.07) is 12.1. The summed E-state index contributed by atoms with van der Waals surface area (Å²) < 4.78 is 47.1. The smallest absolute Gasteiger partial charge is 0.323 e. The molecule has 0 unspecified atom stereocenters. The van der Waals surface area contributed by atoms with Crippen molar-refractivity contribution in [1.29, 1.82) is 0 Å². The Hall–Kier alpha value is -3.09. The van der Waals surface area contributed by atoms with Crippen LogP contribution < -0.4 is 0 Å². The van der Waals surface area contributed by atoms with E-state index in [2.05, 4.69) is 10.1 Å². The number of alkyl halides is 2. The maximum Gasteiger partial charge on any atom is 0.346 e. The minimum absolute atomic E-state index is 0.227. The van der Waals surface area contributed by atoms with E-state index in [9.17, 15) is 4.39 Å². The second kappa shape index (κ2) is 6.26. The zero-order chi connectivity index (χ0) is 19.2. The lowest BCUT2D eigenvalue weighted by atomic mass is 10.2. The maximum atomic E-state index is 15.5. The van der Waals surface area contributed by atoms with E-state index in [0.717, 1.165) is 10.2 Å². The Balaban J connectivity index is 1.91. The van der Waals surface area contributed by atoms with E-state index in [1.54, 1.807) is 19.1 Å². The van der Waals surface area contributed by atoms with Crippen molar-refractivity contribution < 1.29 is 13.2 Å². The molecule has 4 nitrogen and oxygen atoms in total. The normalized spacial score (nSPS) is 12.0. The monoisotopic (exact) mass is 370 g/mol. The summed E-state index contributed by atoms with van der Waals surface area (Å²) in [5.74, 6) is -4.29. The van der Waals surface area contributed by atoms with E-state index in [1.807, 2.05) is 13.0 Å². The van der Waals surface area contributed by atoms with Crippen molar-refractivity contribution in [3.8, 4) is 5.69 Å². The molecule has 4 aromatic rings. The molecule has 0 spiro atoms. The van der Waals surface area contributed by atoms with Crippen LogP contribution >= 0.6 is 0 Å². The van der Waals surface area contributed by atoms with Gasteiger partial charge in [0.15, 0.2) is 5.82 Å². The first-order valence-corrected chi connectivity index (χ1v) is 8.57. The molecule has 0 aliphatic heterocycles. The number of aryl methyl sites for hydroxylation is 2. The molecule has 0 atom stereocenters. The van der Waals surface area contributed by atoms with Crippen LogP contribution in [0.25, 0.3) is 16.7 Å². The van der Waals surface area contributed by atoms with Gasteiger partial charge in [-0.1, -0.05) is 12.1 Å². The van der Waals surface area contributed by atoms with Gasteiger partial charge in [0.2, 0.25) is 0 Å². The molecule has 2 aromatic carbocycles. The Morgan fingerprint density at radius 3 is 2.63 bits per heavy atom. The van der Waals surface area contributed by atoms with Gasteiger partial charge in [-0.3, -0.25) is 0 Å². The molecule has 0 radical (unpaired) electrons. The van der Waals surface area contributed by atoms with E-state index < -0.39 is 11.7 Å². The predicted molar refractivity (Wildman–Crippen MR) is 96.7 cm³/mol. The van der Waals surface area contributed by atoms with Crippen LogP contribution in [0, 0.1) is 12.7 Å². The Kier molecular flexibility index (Phi) is 4.02. The van der Waals surface area contributed by atoms with Gasteiger partial charge in [0.1, 0.15) is 11.5 Å². The third-order valence-electron chi connectivity index (χ3n) is 4.52. The molecule has 0 saturated heterocycles. The van der Waals surface area contributed by atoms with Crippen molar-refractivity contribution in [2.75, 3.05) is 0 Å². The van der Waals surface area contributed by atoms with Crippen molar-refractivity contribution in [1.82, 2.24) is 19.3 Å². The first kappa shape index (κ1) is 17.3. The second-order valence-electron chi connectivity index (χ2n) is 6.35. The predicted octanol–water partition coefficient (Wildman–Crippen LogP) is 4.83. The first-order valence-electron chi connectivity index (χ1n) is 8.57. The summed E-state index contributed by atoms with van der Waals surface area (Å²) in [6.07, 6.45) is 1.28. The Bertz CT molecular complexity index is 1130. The van der Waals surface area contributed by atoms with Crippen LogP contribution in [0.4, 0.5) is 13.2 Å². The third kappa shape index (κ3) is 2.79. The molecular formula is C20H17F3N4. The number of imidazole rings is 1. The molecule has 4 rings (SSSR count). The van der Waals surface area contributed by atoms with Crippen LogP contribution in [0.2, 0.25) is 0 Å². The average molecular weight is 370 g/mol. The lowest BCUT2D eigenvalue weighted by Crippen LogP contribution is -2.25. The largest absolute Gasteiger partial charge is 0.346 e. The summed E-state index contributed by atoms with van der Waals surface area (Å²) in [6.45, 7) is 4.03. The van der Waals surface area contributed by atoms with Crippen LogP contribution in [0.15, 0.2) is 54.7 Å². The number of rotatable bonds is 4. The van der Waals surface area contributed by atoms with Gasteiger partial charge in [0.05, 0.1) is 16.7 Å². The van der Waals surface area contributed by atoms with Crippen LogP contribution in [0.1, 0.15) is 24.0 Å². The molecule has 0 aliphatic carbocycles. The zero-order valence-corrected chi connectivity index (χ0v) is 14.8. The molecule has 0 bridgehead atoms. The fraction of sp³-hybridized carbons (Fsp3) is 0.200. The molecule has 0 amide bonds. The minimum Gasteiger partial charge on any atom is -0.323 e. The topological polar surface area (TPSA) is 35.6 Å². The third-order valence-corrected chi connectivity index (χ3v) is 4.52. The van der Waals surface area contributed by atoms with Gasteiger partial charge in [-0.15, -0.1) is 0 Å². The van der Waals surface area contributed by atoms with Gasteiger partial charge in [0.25, 0.3) is 0 Å². The number of aromatic nitrogens is 4. The highest BCUT2D eigenvalue weighted by Crippen LogP contribution is 2.37. The molecule has 2 heterocycles. The van der Waals surface area contributed by atoms with E-state index in [1.165, 1.54) is 41.1 Å². The van der Waals surface area contributed by atoms with E-state index in [4.69, 9.17) is 0 Å². The highest BCUT2D eigenvalue weighted by molar-refractivity contribution is 5.77.